The molecule has 0 atom stereocenters. The van der Waals surface area contributed by atoms with Gasteiger partial charge in [-0.25, -0.2) is 0 Å². The van der Waals surface area contributed by atoms with E-state index >= 15 is 0 Å². The number of nitrogens with zero attached hydrogens (tertiary/aromatic N) is 3. The van der Waals surface area contributed by atoms with Crippen LogP contribution in [0.5, 0.6) is 0 Å². The maximum atomic E-state index is 2.40. The summed E-state index contributed by atoms with van der Waals surface area (Å²) in [7, 11) is 2.19. The number of fused-ring (bicyclic) bond motifs is 9. The van der Waals surface area contributed by atoms with E-state index in [0.717, 1.165) is 0 Å². The molecule has 3 heteroatoms. The van der Waals surface area contributed by atoms with E-state index in [1.807, 2.05) is 0 Å². The van der Waals surface area contributed by atoms with Gasteiger partial charge in [-0.3, -0.25) is 0 Å². The van der Waals surface area contributed by atoms with Gasteiger partial charge in [0.15, 0.2) is 0 Å². The number of hydrogen-bond acceptors (Lipinski definition) is 0. The Morgan fingerprint density at radius 3 is 1.54 bits per heavy atom. The largest absolute Gasteiger partial charge is 0.344 e. The lowest BCUT2D eigenvalue weighted by Crippen LogP contribution is -1.93. The van der Waals surface area contributed by atoms with Crippen molar-refractivity contribution in [2.75, 3.05) is 0 Å². The van der Waals surface area contributed by atoms with Crippen LogP contribution in [-0.2, 0) is 7.05 Å². The Morgan fingerprint density at radius 1 is 0.308 bits per heavy atom. The summed E-state index contributed by atoms with van der Waals surface area (Å²) in [4.78, 5) is 0. The van der Waals surface area contributed by atoms with Crippen LogP contribution in [0, 0.1) is 0 Å². The topological polar surface area (TPSA) is 14.8 Å². The van der Waals surface area contributed by atoms with E-state index in [0.29, 0.717) is 0 Å². The Bertz CT molecular complexity index is 3180. The van der Waals surface area contributed by atoms with E-state index in [9.17, 15) is 0 Å². The second-order valence-corrected chi connectivity index (χ2v) is 13.8. The monoisotopic (exact) mass is 663 g/mol. The maximum absolute atomic E-state index is 2.40. The SMILES string of the molecule is Cn1c2ccc(-c3ccc4c5ccccc5n(-c5ccccc5)c4c3)cc2c2c(-c3ccc4c(c3)c3ccccc3n4-c3ccccc3)cccc21. The first-order valence-corrected chi connectivity index (χ1v) is 17.9. The lowest BCUT2D eigenvalue weighted by Gasteiger charge is -2.10. The summed E-state index contributed by atoms with van der Waals surface area (Å²) in [6.07, 6.45) is 0. The Labute approximate surface area is 300 Å². The van der Waals surface area contributed by atoms with Gasteiger partial charge in [0.05, 0.1) is 22.1 Å². The number of hydrogen-bond donors (Lipinski definition) is 0. The van der Waals surface area contributed by atoms with Crippen molar-refractivity contribution in [1.82, 2.24) is 13.7 Å². The standard InChI is InChI=1S/C49H33N3/c1-50-43-27-24-32(33-23-26-40-38-17-8-10-20-44(38)52(48(40)31-33)36-15-6-3-7-16-36)29-42(43)49-37(19-12-22-47(49)50)34-25-28-46-41(30-34)39-18-9-11-21-45(39)51(46)35-13-4-2-5-14-35/h2-31H,1H3. The molecular formula is C49H33N3. The van der Waals surface area contributed by atoms with Crippen molar-refractivity contribution in [3.8, 4) is 33.6 Å². The first-order valence-electron chi connectivity index (χ1n) is 17.9. The van der Waals surface area contributed by atoms with Crippen LogP contribution in [0.4, 0.5) is 0 Å². The highest BCUT2D eigenvalue weighted by Gasteiger charge is 2.18. The number of para-hydroxylation sites is 4. The van der Waals surface area contributed by atoms with Crippen molar-refractivity contribution in [3.63, 3.8) is 0 Å². The van der Waals surface area contributed by atoms with Gasteiger partial charge < -0.3 is 13.7 Å². The molecule has 0 aliphatic carbocycles. The zero-order chi connectivity index (χ0) is 34.3. The van der Waals surface area contributed by atoms with Gasteiger partial charge in [0.2, 0.25) is 0 Å². The minimum absolute atomic E-state index is 1.17. The summed E-state index contributed by atoms with van der Waals surface area (Å²) in [5, 5.41) is 7.61. The van der Waals surface area contributed by atoms with Gasteiger partial charge in [-0.1, -0.05) is 109 Å². The van der Waals surface area contributed by atoms with Gasteiger partial charge in [0.25, 0.3) is 0 Å². The van der Waals surface area contributed by atoms with Crippen molar-refractivity contribution < 1.29 is 0 Å². The molecule has 3 aromatic heterocycles. The van der Waals surface area contributed by atoms with E-state index in [-0.39, 0.29) is 0 Å². The molecule has 0 aliphatic heterocycles. The molecule has 11 rings (SSSR count). The molecule has 11 aromatic rings. The number of aryl methyl sites for hydroxylation is 1. The van der Waals surface area contributed by atoms with Crippen LogP contribution < -0.4 is 0 Å². The predicted octanol–water partition coefficient (Wildman–Crippen LogP) is 12.9. The van der Waals surface area contributed by atoms with Crippen molar-refractivity contribution in [2.24, 2.45) is 7.05 Å². The molecule has 244 valence electrons. The summed E-state index contributed by atoms with van der Waals surface area (Å²) in [6.45, 7) is 0. The molecule has 0 fully saturated rings. The molecule has 0 unspecified atom stereocenters. The fraction of sp³-hybridized carbons (Fsp3) is 0.0204. The van der Waals surface area contributed by atoms with E-state index in [2.05, 4.69) is 203 Å². The summed E-state index contributed by atoms with van der Waals surface area (Å²) in [5.41, 5.74) is 14.6. The van der Waals surface area contributed by atoms with Crippen LogP contribution in [0.1, 0.15) is 0 Å². The zero-order valence-corrected chi connectivity index (χ0v) is 28.7. The third-order valence-electron chi connectivity index (χ3n) is 11.1. The fourth-order valence-electron chi connectivity index (χ4n) is 8.68. The third kappa shape index (κ3) is 4.14. The normalized spacial score (nSPS) is 11.9. The van der Waals surface area contributed by atoms with Gasteiger partial charge in [-0.15, -0.1) is 0 Å². The summed E-state index contributed by atoms with van der Waals surface area (Å²) < 4.78 is 7.12. The molecule has 0 spiro atoms. The van der Waals surface area contributed by atoms with E-state index in [4.69, 9.17) is 0 Å². The smallest absolute Gasteiger partial charge is 0.0547 e. The highest BCUT2D eigenvalue weighted by molar-refractivity contribution is 6.18. The van der Waals surface area contributed by atoms with Crippen LogP contribution in [0.3, 0.4) is 0 Å². The van der Waals surface area contributed by atoms with E-state index in [1.165, 1.54) is 99.0 Å². The van der Waals surface area contributed by atoms with Crippen molar-refractivity contribution in [1.29, 1.82) is 0 Å². The maximum Gasteiger partial charge on any atom is 0.0547 e. The summed E-state index contributed by atoms with van der Waals surface area (Å²) in [6, 6.07) is 66.5. The molecule has 0 aliphatic rings. The minimum atomic E-state index is 1.17. The van der Waals surface area contributed by atoms with Crippen LogP contribution in [0.15, 0.2) is 182 Å². The van der Waals surface area contributed by atoms with E-state index in [1.54, 1.807) is 0 Å². The molecule has 8 aromatic carbocycles. The average Bonchev–Trinajstić information content (AvgIpc) is 3.83. The second kappa shape index (κ2) is 11.1. The Balaban J connectivity index is 1.12. The third-order valence-corrected chi connectivity index (χ3v) is 11.1. The van der Waals surface area contributed by atoms with Gasteiger partial charge in [0, 0.05) is 61.8 Å². The average molecular weight is 664 g/mol. The molecule has 0 bridgehead atoms. The molecule has 3 heterocycles. The molecule has 52 heavy (non-hydrogen) atoms. The Kier molecular flexibility index (Phi) is 6.17. The van der Waals surface area contributed by atoms with Crippen LogP contribution in [0.25, 0.3) is 99.0 Å². The highest BCUT2D eigenvalue weighted by atomic mass is 15.0. The van der Waals surface area contributed by atoms with Crippen LogP contribution in [-0.4, -0.2) is 13.7 Å². The number of rotatable bonds is 4. The molecule has 0 amide bonds. The minimum Gasteiger partial charge on any atom is -0.344 e. The lowest BCUT2D eigenvalue weighted by molar-refractivity contribution is 1.01. The molecular weight excluding hydrogens is 631 g/mol. The molecule has 0 N–H and O–H groups in total. The predicted molar refractivity (Wildman–Crippen MR) is 220 cm³/mol. The number of benzene rings is 8. The zero-order valence-electron chi connectivity index (χ0n) is 28.7. The summed E-state index contributed by atoms with van der Waals surface area (Å²) >= 11 is 0. The second-order valence-electron chi connectivity index (χ2n) is 13.8. The Morgan fingerprint density at radius 2 is 0.808 bits per heavy atom. The van der Waals surface area contributed by atoms with Crippen molar-refractivity contribution in [3.05, 3.63) is 182 Å². The first kappa shape index (κ1) is 28.9. The highest BCUT2D eigenvalue weighted by Crippen LogP contribution is 2.42. The van der Waals surface area contributed by atoms with Gasteiger partial charge >= 0.3 is 0 Å². The fourth-order valence-corrected chi connectivity index (χ4v) is 8.68. The first-order chi connectivity index (χ1) is 25.7. The number of aromatic nitrogens is 3. The molecule has 0 saturated carbocycles. The van der Waals surface area contributed by atoms with Gasteiger partial charge in [0.1, 0.15) is 0 Å². The quantitative estimate of drug-likeness (QED) is 0.178. The van der Waals surface area contributed by atoms with Gasteiger partial charge in [-0.05, 0) is 95.1 Å². The summed E-state index contributed by atoms with van der Waals surface area (Å²) in [5.74, 6) is 0. The van der Waals surface area contributed by atoms with Crippen LogP contribution >= 0.6 is 0 Å². The molecule has 3 nitrogen and oxygen atoms in total. The van der Waals surface area contributed by atoms with Crippen molar-refractivity contribution >= 4 is 65.4 Å². The lowest BCUT2D eigenvalue weighted by atomic mass is 9.96. The van der Waals surface area contributed by atoms with Crippen molar-refractivity contribution in [2.45, 2.75) is 0 Å². The van der Waals surface area contributed by atoms with Crippen LogP contribution in [0.2, 0.25) is 0 Å². The molecule has 0 radical (unpaired) electrons. The molecule has 0 saturated heterocycles. The Hall–Kier alpha value is -6.84. The van der Waals surface area contributed by atoms with Gasteiger partial charge in [-0.2, -0.15) is 0 Å². The van der Waals surface area contributed by atoms with E-state index < -0.39 is 0 Å².